The molecule has 110 heavy (non-hydrogen) atoms. The number of para-hydroxylation sites is 1. The lowest BCUT2D eigenvalue weighted by atomic mass is 9.86. The maximum atomic E-state index is 14.8. The lowest BCUT2D eigenvalue weighted by Crippen LogP contribution is -2.48. The van der Waals surface area contributed by atoms with Crippen LogP contribution in [-0.4, -0.2) is 125 Å². The Balaban J connectivity index is 0.742. The first-order chi connectivity index (χ1) is 52.7. The number of amides is 3. The molecule has 0 unspecified atom stereocenters. The molecule has 10 aromatic rings. The number of nitrogens with one attached hydrogen (secondary N) is 5. The van der Waals surface area contributed by atoms with Crippen molar-refractivity contribution in [1.82, 2.24) is 42.3 Å². The van der Waals surface area contributed by atoms with Crippen LogP contribution in [0.1, 0.15) is 94.4 Å². The van der Waals surface area contributed by atoms with E-state index in [9.17, 15) is 68.6 Å². The quantitative estimate of drug-likeness (QED) is 0.0327. The first-order valence-corrected chi connectivity index (χ1v) is 39.3. The summed E-state index contributed by atoms with van der Waals surface area (Å²) in [6, 6.07) is 53.7. The number of rotatable bonds is 24. The number of alkyl halides is 3. The molecule has 0 bridgehead atoms. The lowest BCUT2D eigenvalue weighted by molar-refractivity contribution is -0.137. The molecule has 3 fully saturated rings. The molecule has 7 aromatic carbocycles. The monoisotopic (exact) mass is 1570 g/mol. The predicted molar refractivity (Wildman–Crippen MR) is 404 cm³/mol. The number of halogens is 4. The zero-order valence-corrected chi connectivity index (χ0v) is 61.7. The fourth-order valence-electron chi connectivity index (χ4n) is 13.9. The number of nitrogens with zero attached hydrogens (tertiary/aromatic N) is 12. The Morgan fingerprint density at radius 2 is 0.764 bits per heavy atom. The summed E-state index contributed by atoms with van der Waals surface area (Å²) in [6.07, 6.45) is -0.0917. The number of nitrogens with two attached hydrogens (primary N) is 1. The van der Waals surface area contributed by atoms with E-state index in [1.807, 2.05) is 36.4 Å². The van der Waals surface area contributed by atoms with E-state index >= 15 is 0 Å². The minimum atomic E-state index is -4.71. The van der Waals surface area contributed by atoms with Crippen molar-refractivity contribution in [2.24, 2.45) is 5.73 Å². The van der Waals surface area contributed by atoms with E-state index in [1.165, 1.54) is 48.7 Å². The Hall–Kier alpha value is -11.7. The second-order valence-corrected chi connectivity index (χ2v) is 33.1. The summed E-state index contributed by atoms with van der Waals surface area (Å²) in [7, 11) is -12.3. The average molecular weight is 1570 g/mol. The molecular formula is C76H70ClF3N18O9S3. The summed E-state index contributed by atoms with van der Waals surface area (Å²) in [6.45, 7) is -0.271. The molecule has 7 N–H and O–H groups in total. The van der Waals surface area contributed by atoms with E-state index in [0.717, 1.165) is 27.6 Å². The summed E-state index contributed by atoms with van der Waals surface area (Å²) in [4.78, 5) is 42.1. The van der Waals surface area contributed by atoms with Crippen molar-refractivity contribution in [2.75, 3.05) is 65.9 Å². The Labute approximate surface area is 636 Å². The van der Waals surface area contributed by atoms with Crippen LogP contribution in [0.15, 0.2) is 215 Å². The minimum absolute atomic E-state index is 0.00243. The summed E-state index contributed by atoms with van der Waals surface area (Å²) < 4.78 is 132. The second-order valence-electron chi connectivity index (χ2n) is 26.9. The number of primary amides is 1. The number of anilines is 8. The molecule has 34 heteroatoms. The normalized spacial score (nSPS) is 16.1. The highest BCUT2D eigenvalue weighted by Crippen LogP contribution is 2.42. The SMILES string of the molecule is N#CCC1(n2cc(C(N)=O)c(Nc3ccc(NC(=O)c4cn(C5(CC#N)CCN(S(=O)(=O)c6ccc(C(F)(F)F)cc6)CC5)nc4Nc4ccc(NC(=O)c5cn(C6(CC#N)CCN(S(=O)(=O)c7ccc(-c8ccccc8)cc7)CC6)nc5Nc5ccccc5)cc4)cc3)n2)CCN(S(=O)(=O)c2ccccc2Cl)CC1. The van der Waals surface area contributed by atoms with Gasteiger partial charge < -0.3 is 32.3 Å². The molecule has 0 aliphatic carbocycles. The van der Waals surface area contributed by atoms with Gasteiger partial charge in [-0.2, -0.15) is 57.2 Å². The van der Waals surface area contributed by atoms with Crippen LogP contribution in [0, 0.1) is 34.0 Å². The number of nitriles is 3. The van der Waals surface area contributed by atoms with Crippen molar-refractivity contribution in [3.63, 3.8) is 0 Å². The van der Waals surface area contributed by atoms with E-state index in [4.69, 9.17) is 27.5 Å². The number of benzene rings is 7. The van der Waals surface area contributed by atoms with E-state index in [2.05, 4.69) is 49.9 Å². The van der Waals surface area contributed by atoms with Crippen molar-refractivity contribution in [2.45, 2.75) is 95.3 Å². The highest BCUT2D eigenvalue weighted by atomic mass is 35.5. The molecule has 13 rings (SSSR count). The summed E-state index contributed by atoms with van der Waals surface area (Å²) in [5.74, 6) is -2.01. The fraction of sp³-hybridized carbons (Fsp3) is 0.250. The zero-order valence-electron chi connectivity index (χ0n) is 58.5. The topological polar surface area (TPSA) is 374 Å². The van der Waals surface area contributed by atoms with E-state index in [1.54, 1.807) is 114 Å². The smallest absolute Gasteiger partial charge is 0.365 e. The van der Waals surface area contributed by atoms with Gasteiger partial charge in [-0.05, 0) is 159 Å². The number of carbonyl (C=O) groups is 3. The molecule has 3 saturated heterocycles. The molecule has 3 aliphatic rings. The van der Waals surface area contributed by atoms with Gasteiger partial charge in [0.1, 0.15) is 21.6 Å². The largest absolute Gasteiger partial charge is 0.416 e. The lowest BCUT2D eigenvalue weighted by Gasteiger charge is -2.40. The Morgan fingerprint density at radius 3 is 1.15 bits per heavy atom. The van der Waals surface area contributed by atoms with E-state index < -0.39 is 76.1 Å². The van der Waals surface area contributed by atoms with Gasteiger partial charge in [-0.15, -0.1) is 0 Å². The molecule has 0 saturated carbocycles. The Morgan fingerprint density at radius 1 is 0.436 bits per heavy atom. The van der Waals surface area contributed by atoms with Crippen LogP contribution in [-0.2, 0) is 52.9 Å². The van der Waals surface area contributed by atoms with Crippen molar-refractivity contribution in [1.29, 1.82) is 15.8 Å². The number of piperidine rings is 3. The van der Waals surface area contributed by atoms with Gasteiger partial charge >= 0.3 is 6.18 Å². The molecule has 3 amide bonds. The predicted octanol–water partition coefficient (Wildman–Crippen LogP) is 12.7. The van der Waals surface area contributed by atoms with Gasteiger partial charge in [0, 0.05) is 86.3 Å². The highest BCUT2D eigenvalue weighted by Gasteiger charge is 2.46. The molecule has 27 nitrogen and oxygen atoms in total. The van der Waals surface area contributed by atoms with Crippen LogP contribution < -0.4 is 32.3 Å². The van der Waals surface area contributed by atoms with Crippen LogP contribution in [0.5, 0.6) is 0 Å². The van der Waals surface area contributed by atoms with Gasteiger partial charge in [-0.1, -0.05) is 84.4 Å². The van der Waals surface area contributed by atoms with E-state index in [0.29, 0.717) is 34.9 Å². The van der Waals surface area contributed by atoms with Crippen LogP contribution >= 0.6 is 11.6 Å². The third-order valence-corrected chi connectivity index (χ3v) is 26.5. The standard InChI is InChI=1S/C76H70ClF3N18O9S3/c77-65-13-7-8-14-66(65)110(106,107)95-47-38-73(31-40-81,39-48-95)96-49-62(67(84)99)68(90-96)86-56-19-23-58(24-20-56)89-72(101)64-51-98(75(33-42-83)36-45-94(46-37-75)109(104,105)61-29-17-54(18-30-61)76(78,79)80)92-70(64)87-57-21-25-59(26-22-57)88-71(100)63-50-97(91-69(63)85-55-11-5-2-6-12-55)74(32-41-82)34-43-93(44-35-74)108(102,103)60-27-15-53(16-28-60)52-9-3-1-4-10-52/h1-30,49-51H,31-39,43-48H2,(H2,84,99)(H,85,91)(H,86,90)(H,87,92)(H,88,100)(H,89,101). The maximum Gasteiger partial charge on any atom is 0.416 e. The molecule has 0 spiro atoms. The van der Waals surface area contributed by atoms with Gasteiger partial charge in [-0.3, -0.25) is 28.4 Å². The molecule has 564 valence electrons. The van der Waals surface area contributed by atoms with E-state index in [-0.39, 0.29) is 157 Å². The average Bonchev–Trinajstić information content (AvgIpc) is 1.43. The first-order valence-electron chi connectivity index (χ1n) is 34.6. The van der Waals surface area contributed by atoms with Gasteiger partial charge in [0.05, 0.1) is 74.5 Å². The van der Waals surface area contributed by atoms with Crippen LogP contribution in [0.4, 0.5) is 59.1 Å². The fourth-order valence-corrected chi connectivity index (χ4v) is 18.7. The Kier molecular flexibility index (Phi) is 21.6. The number of hydrogen-bond donors (Lipinski definition) is 6. The van der Waals surface area contributed by atoms with Crippen molar-refractivity contribution in [3.05, 3.63) is 228 Å². The second kappa shape index (κ2) is 31.1. The number of sulfonamides is 3. The molecule has 6 heterocycles. The summed E-state index contributed by atoms with van der Waals surface area (Å²) in [5.41, 5.74) is 5.23. The van der Waals surface area contributed by atoms with Crippen LogP contribution in [0.25, 0.3) is 11.1 Å². The van der Waals surface area contributed by atoms with Gasteiger partial charge in [0.2, 0.25) is 30.1 Å². The molecule has 0 radical (unpaired) electrons. The molecular weight excluding hydrogens is 1500 g/mol. The third-order valence-electron chi connectivity index (χ3n) is 20.3. The van der Waals surface area contributed by atoms with Crippen molar-refractivity contribution < 1.29 is 52.8 Å². The highest BCUT2D eigenvalue weighted by molar-refractivity contribution is 7.89. The van der Waals surface area contributed by atoms with Crippen molar-refractivity contribution in [3.8, 4) is 29.3 Å². The Bertz CT molecular complexity index is 5590. The van der Waals surface area contributed by atoms with Crippen molar-refractivity contribution >= 4 is 105 Å². The molecule has 3 aliphatic heterocycles. The van der Waals surface area contributed by atoms with Crippen LogP contribution in [0.2, 0.25) is 5.02 Å². The first kappa shape index (κ1) is 76.5. The van der Waals surface area contributed by atoms with Gasteiger partial charge in [-0.25, -0.2) is 25.3 Å². The number of aromatic nitrogens is 6. The third kappa shape index (κ3) is 15.8. The van der Waals surface area contributed by atoms with Gasteiger partial charge in [0.25, 0.3) is 17.7 Å². The summed E-state index contributed by atoms with van der Waals surface area (Å²) in [5, 5.41) is 60.5. The number of hydrogen-bond acceptors (Lipinski definition) is 18. The number of carbonyl (C=O) groups excluding carboxylic acids is 3. The summed E-state index contributed by atoms with van der Waals surface area (Å²) >= 11 is 6.29. The van der Waals surface area contributed by atoms with Gasteiger partial charge in [0.15, 0.2) is 17.5 Å². The maximum absolute atomic E-state index is 14.8. The zero-order chi connectivity index (χ0) is 77.8. The minimum Gasteiger partial charge on any atom is -0.365 e. The molecule has 3 aromatic heterocycles. The molecule has 0 atom stereocenters. The van der Waals surface area contributed by atoms with Crippen LogP contribution in [0.3, 0.4) is 0 Å².